The lowest BCUT2D eigenvalue weighted by atomic mass is 9.63. The van der Waals surface area contributed by atoms with Gasteiger partial charge in [0.1, 0.15) is 17.5 Å². The lowest BCUT2D eigenvalue weighted by Gasteiger charge is -2.45. The highest BCUT2D eigenvalue weighted by molar-refractivity contribution is 5.68. The number of aromatic amines is 1. The molecule has 0 bridgehead atoms. The van der Waals surface area contributed by atoms with Crippen LogP contribution in [0.4, 0.5) is 4.39 Å². The van der Waals surface area contributed by atoms with E-state index in [0.29, 0.717) is 17.0 Å². The molecule has 4 unspecified atom stereocenters. The van der Waals surface area contributed by atoms with Crippen molar-refractivity contribution in [3.63, 3.8) is 0 Å². The van der Waals surface area contributed by atoms with Gasteiger partial charge in [-0.05, 0) is 0 Å². The normalized spacial score (nSPS) is 31.5. The van der Waals surface area contributed by atoms with Gasteiger partial charge in [0.05, 0.1) is 18.4 Å². The predicted octanol–water partition coefficient (Wildman–Crippen LogP) is 0.00520. The SMILES string of the molecule is OCC1C(F)C(c2ncc3[nH]cnc3n2)C1CO. The number of halogens is 1. The molecule has 18 heavy (non-hydrogen) atoms. The zero-order valence-corrected chi connectivity index (χ0v) is 9.49. The van der Waals surface area contributed by atoms with Crippen molar-refractivity contribution in [2.45, 2.75) is 12.1 Å². The number of aliphatic hydroxyl groups is 2. The topological polar surface area (TPSA) is 94.9 Å². The van der Waals surface area contributed by atoms with Gasteiger partial charge in [0.2, 0.25) is 0 Å². The van der Waals surface area contributed by atoms with Crippen LogP contribution in [-0.4, -0.2) is 49.5 Å². The second-order valence-corrected chi connectivity index (χ2v) is 4.53. The number of nitrogens with one attached hydrogen (secondary N) is 1. The number of fused-ring (bicyclic) bond motifs is 1. The van der Waals surface area contributed by atoms with Crippen molar-refractivity contribution in [3.8, 4) is 0 Å². The molecule has 2 heterocycles. The third-order valence-electron chi connectivity index (χ3n) is 3.68. The fraction of sp³-hybridized carbons (Fsp3) is 0.545. The van der Waals surface area contributed by atoms with Crippen LogP contribution in [0.1, 0.15) is 11.7 Å². The van der Waals surface area contributed by atoms with Gasteiger partial charge in [-0.15, -0.1) is 0 Å². The van der Waals surface area contributed by atoms with Gasteiger partial charge in [0.15, 0.2) is 5.65 Å². The number of alkyl halides is 1. The summed E-state index contributed by atoms with van der Waals surface area (Å²) in [6, 6.07) is 0. The van der Waals surface area contributed by atoms with E-state index in [9.17, 15) is 9.50 Å². The Bertz CT molecular complexity index is 561. The van der Waals surface area contributed by atoms with E-state index in [1.54, 1.807) is 6.20 Å². The van der Waals surface area contributed by atoms with Crippen molar-refractivity contribution in [2.75, 3.05) is 13.2 Å². The van der Waals surface area contributed by atoms with Crippen LogP contribution in [0.25, 0.3) is 11.2 Å². The van der Waals surface area contributed by atoms with Gasteiger partial charge in [-0.3, -0.25) is 0 Å². The summed E-state index contributed by atoms with van der Waals surface area (Å²) in [5.74, 6) is -1.08. The first-order valence-electron chi connectivity index (χ1n) is 5.78. The van der Waals surface area contributed by atoms with E-state index in [-0.39, 0.29) is 19.1 Å². The summed E-state index contributed by atoms with van der Waals surface area (Å²) in [7, 11) is 0. The van der Waals surface area contributed by atoms with Crippen molar-refractivity contribution in [3.05, 3.63) is 18.3 Å². The second kappa shape index (κ2) is 4.25. The van der Waals surface area contributed by atoms with E-state index >= 15 is 0 Å². The second-order valence-electron chi connectivity index (χ2n) is 4.53. The predicted molar refractivity (Wildman–Crippen MR) is 60.5 cm³/mol. The molecule has 3 rings (SSSR count). The third-order valence-corrected chi connectivity index (χ3v) is 3.68. The Morgan fingerprint density at radius 1 is 1.22 bits per heavy atom. The first-order chi connectivity index (χ1) is 8.76. The Morgan fingerprint density at radius 2 is 2.00 bits per heavy atom. The van der Waals surface area contributed by atoms with Crippen molar-refractivity contribution in [1.82, 2.24) is 19.9 Å². The van der Waals surface area contributed by atoms with Gasteiger partial charge in [0, 0.05) is 25.0 Å². The number of hydrogen-bond acceptors (Lipinski definition) is 5. The van der Waals surface area contributed by atoms with Crippen molar-refractivity contribution in [2.24, 2.45) is 11.8 Å². The quantitative estimate of drug-likeness (QED) is 0.715. The average molecular weight is 252 g/mol. The monoisotopic (exact) mass is 252 g/mol. The van der Waals surface area contributed by atoms with Gasteiger partial charge >= 0.3 is 0 Å². The summed E-state index contributed by atoms with van der Waals surface area (Å²) in [6.45, 7) is -0.453. The summed E-state index contributed by atoms with van der Waals surface area (Å²) < 4.78 is 13.9. The van der Waals surface area contributed by atoms with Crippen LogP contribution in [0.2, 0.25) is 0 Å². The highest BCUT2D eigenvalue weighted by atomic mass is 19.1. The highest BCUT2D eigenvalue weighted by Crippen LogP contribution is 2.47. The molecule has 1 saturated carbocycles. The van der Waals surface area contributed by atoms with Crippen LogP contribution in [0.5, 0.6) is 0 Å². The van der Waals surface area contributed by atoms with Gasteiger partial charge < -0.3 is 15.2 Å². The Morgan fingerprint density at radius 3 is 2.72 bits per heavy atom. The first-order valence-corrected chi connectivity index (χ1v) is 5.78. The van der Waals surface area contributed by atoms with Crippen LogP contribution in [-0.2, 0) is 0 Å². The molecule has 1 aliphatic rings. The molecular formula is C11H13FN4O2. The molecule has 1 fully saturated rings. The minimum absolute atomic E-state index is 0.182. The number of aliphatic hydroxyl groups excluding tert-OH is 2. The number of H-pyrrole nitrogens is 1. The van der Waals surface area contributed by atoms with Crippen molar-refractivity contribution < 1.29 is 14.6 Å². The molecule has 3 N–H and O–H groups in total. The standard InChI is InChI=1S/C11H13FN4O2/c12-9-6(3-18)5(2-17)8(9)11-13-1-7-10(16-11)15-4-14-7/h1,4-6,8-9,17-18H,2-3H2,(H,13,14,15,16). The maximum Gasteiger partial charge on any atom is 0.180 e. The Balaban J connectivity index is 1.94. The molecule has 2 aromatic rings. The Kier molecular flexibility index (Phi) is 2.71. The van der Waals surface area contributed by atoms with E-state index in [1.807, 2.05) is 0 Å². The molecule has 96 valence electrons. The number of rotatable bonds is 3. The van der Waals surface area contributed by atoms with Crippen LogP contribution >= 0.6 is 0 Å². The van der Waals surface area contributed by atoms with Gasteiger partial charge in [0.25, 0.3) is 0 Å². The Labute approximate surface area is 102 Å². The fourth-order valence-electron chi connectivity index (χ4n) is 2.59. The number of nitrogens with zero attached hydrogens (tertiary/aromatic N) is 3. The molecule has 0 spiro atoms. The smallest absolute Gasteiger partial charge is 0.180 e. The lowest BCUT2D eigenvalue weighted by molar-refractivity contribution is -0.0608. The fourth-order valence-corrected chi connectivity index (χ4v) is 2.59. The Hall–Kier alpha value is -1.60. The number of hydrogen-bond donors (Lipinski definition) is 3. The van der Waals surface area contributed by atoms with Crippen LogP contribution in [0.3, 0.4) is 0 Å². The summed E-state index contributed by atoms with van der Waals surface area (Å²) in [4.78, 5) is 15.1. The van der Waals surface area contributed by atoms with Crippen molar-refractivity contribution >= 4 is 11.2 Å². The molecule has 0 radical (unpaired) electrons. The van der Waals surface area contributed by atoms with Crippen LogP contribution in [0, 0.1) is 11.8 Å². The lowest BCUT2D eigenvalue weighted by Crippen LogP contribution is -2.51. The van der Waals surface area contributed by atoms with Gasteiger partial charge in [-0.25, -0.2) is 19.3 Å². The van der Waals surface area contributed by atoms with E-state index < -0.39 is 18.0 Å². The molecule has 0 aromatic carbocycles. The zero-order valence-electron chi connectivity index (χ0n) is 9.49. The number of aromatic nitrogens is 4. The molecule has 2 aromatic heterocycles. The molecule has 1 aliphatic carbocycles. The summed E-state index contributed by atoms with van der Waals surface area (Å²) >= 11 is 0. The van der Waals surface area contributed by atoms with E-state index in [1.165, 1.54) is 6.33 Å². The average Bonchev–Trinajstić information content (AvgIpc) is 2.83. The van der Waals surface area contributed by atoms with Crippen LogP contribution < -0.4 is 0 Å². The molecule has 0 amide bonds. The maximum absolute atomic E-state index is 13.9. The summed E-state index contributed by atoms with van der Waals surface area (Å²) in [6.07, 6.45) is 1.83. The van der Waals surface area contributed by atoms with E-state index in [0.717, 1.165) is 0 Å². The van der Waals surface area contributed by atoms with E-state index in [4.69, 9.17) is 5.11 Å². The number of imidazole rings is 1. The molecule has 6 nitrogen and oxygen atoms in total. The minimum Gasteiger partial charge on any atom is -0.396 e. The van der Waals surface area contributed by atoms with Crippen molar-refractivity contribution in [1.29, 1.82) is 0 Å². The molecule has 0 aliphatic heterocycles. The molecule has 4 atom stereocenters. The van der Waals surface area contributed by atoms with E-state index in [2.05, 4.69) is 19.9 Å². The maximum atomic E-state index is 13.9. The van der Waals surface area contributed by atoms with Gasteiger partial charge in [-0.2, -0.15) is 0 Å². The molecule has 0 saturated heterocycles. The molecular weight excluding hydrogens is 239 g/mol. The third kappa shape index (κ3) is 1.51. The van der Waals surface area contributed by atoms with Gasteiger partial charge in [-0.1, -0.05) is 0 Å². The minimum atomic E-state index is -1.22. The summed E-state index contributed by atoms with van der Waals surface area (Å²) in [5.41, 5.74) is 1.17. The highest BCUT2D eigenvalue weighted by Gasteiger charge is 2.52. The zero-order chi connectivity index (χ0) is 12.7. The first kappa shape index (κ1) is 11.5. The van der Waals surface area contributed by atoms with Crippen LogP contribution in [0.15, 0.2) is 12.5 Å². The largest absolute Gasteiger partial charge is 0.396 e. The molecule has 7 heteroatoms. The summed E-state index contributed by atoms with van der Waals surface area (Å²) in [5, 5.41) is 18.3.